The van der Waals surface area contributed by atoms with Gasteiger partial charge in [-0.1, -0.05) is 6.92 Å². The summed E-state index contributed by atoms with van der Waals surface area (Å²) in [5.41, 5.74) is 1.73. The number of likely N-dealkylation sites (N-methyl/N-ethyl adjacent to an activating group) is 1. The number of thiophene rings is 1. The highest BCUT2D eigenvalue weighted by Gasteiger charge is 2.26. The molecule has 1 aliphatic carbocycles. The van der Waals surface area contributed by atoms with Crippen molar-refractivity contribution in [1.29, 1.82) is 5.26 Å². The molecule has 2 N–H and O–H groups in total. The largest absolute Gasteiger partial charge is 0.378 e. The zero-order chi connectivity index (χ0) is 19.4. The van der Waals surface area contributed by atoms with Crippen LogP contribution < -0.4 is 10.2 Å². The maximum Gasteiger partial charge on any atom is 0.280 e. The van der Waals surface area contributed by atoms with Crippen LogP contribution in [0.15, 0.2) is 0 Å². The summed E-state index contributed by atoms with van der Waals surface area (Å²) < 4.78 is 5.26. The van der Waals surface area contributed by atoms with Gasteiger partial charge in [0.05, 0.1) is 25.8 Å². The molecule has 1 saturated heterocycles. The molecule has 2 aliphatic rings. The predicted molar refractivity (Wildman–Crippen MR) is 103 cm³/mol. The standard InChI is InChI=1S/C19H26N4O3S/c1-13-3-4-14-15(10-20)19(27-16(14)9-13)21-17(24)11-22(2)12-18(25)23-5-7-26-8-6-23/h13H,3-9,11-12H2,1-2H3,(H,21,24)/p+1/t13-/m1/s1. The molecule has 1 unspecified atom stereocenters. The highest BCUT2D eigenvalue weighted by atomic mass is 32.1. The summed E-state index contributed by atoms with van der Waals surface area (Å²) in [7, 11) is 1.84. The average molecular weight is 392 g/mol. The smallest absolute Gasteiger partial charge is 0.280 e. The van der Waals surface area contributed by atoms with Gasteiger partial charge in [0, 0.05) is 18.0 Å². The second-order valence-corrected chi connectivity index (χ2v) is 8.62. The van der Waals surface area contributed by atoms with Crippen LogP contribution in [0.25, 0.3) is 0 Å². The van der Waals surface area contributed by atoms with Gasteiger partial charge in [0.2, 0.25) is 0 Å². The van der Waals surface area contributed by atoms with Crippen LogP contribution in [0.1, 0.15) is 29.3 Å². The predicted octanol–water partition coefficient (Wildman–Crippen LogP) is 0.0566. The molecule has 0 bridgehead atoms. The zero-order valence-corrected chi connectivity index (χ0v) is 16.8. The summed E-state index contributed by atoms with van der Waals surface area (Å²) in [6.07, 6.45) is 2.97. The van der Waals surface area contributed by atoms with E-state index in [2.05, 4.69) is 18.3 Å². The van der Waals surface area contributed by atoms with Crippen LogP contribution in [0.5, 0.6) is 0 Å². The fourth-order valence-electron chi connectivity index (χ4n) is 3.65. The number of nitriles is 1. The van der Waals surface area contributed by atoms with E-state index in [-0.39, 0.29) is 24.9 Å². The van der Waals surface area contributed by atoms with Gasteiger partial charge in [0.1, 0.15) is 11.1 Å². The highest BCUT2D eigenvalue weighted by molar-refractivity contribution is 7.16. The molecule has 1 aromatic rings. The van der Waals surface area contributed by atoms with Crippen molar-refractivity contribution in [1.82, 2.24) is 4.90 Å². The Morgan fingerprint density at radius 2 is 2.11 bits per heavy atom. The maximum absolute atomic E-state index is 12.4. The fraction of sp³-hybridized carbons (Fsp3) is 0.632. The Labute approximate surface area is 163 Å². The first-order valence-electron chi connectivity index (χ1n) is 9.49. The maximum atomic E-state index is 12.4. The number of ether oxygens (including phenoxy) is 1. The van der Waals surface area contributed by atoms with Crippen molar-refractivity contribution in [3.63, 3.8) is 0 Å². The minimum atomic E-state index is -0.162. The molecule has 146 valence electrons. The van der Waals surface area contributed by atoms with E-state index >= 15 is 0 Å². The molecule has 2 atom stereocenters. The lowest BCUT2D eigenvalue weighted by Crippen LogP contribution is -3.11. The third-order valence-corrected chi connectivity index (χ3v) is 6.33. The van der Waals surface area contributed by atoms with Crippen molar-refractivity contribution in [2.75, 3.05) is 51.8 Å². The average Bonchev–Trinajstić information content (AvgIpc) is 2.97. The molecule has 1 aromatic heterocycles. The minimum absolute atomic E-state index is 0.0434. The number of rotatable bonds is 5. The van der Waals surface area contributed by atoms with Crippen molar-refractivity contribution in [2.24, 2.45) is 5.92 Å². The molecule has 0 saturated carbocycles. The Bertz CT molecular complexity index is 749. The lowest BCUT2D eigenvalue weighted by Gasteiger charge is -2.27. The van der Waals surface area contributed by atoms with Gasteiger partial charge in [-0.2, -0.15) is 5.26 Å². The Morgan fingerprint density at radius 1 is 1.37 bits per heavy atom. The first-order valence-corrected chi connectivity index (χ1v) is 10.3. The van der Waals surface area contributed by atoms with Crippen LogP contribution in [-0.2, 0) is 27.2 Å². The van der Waals surface area contributed by atoms with Crippen LogP contribution in [0.2, 0.25) is 0 Å². The summed E-state index contributed by atoms with van der Waals surface area (Å²) in [4.78, 5) is 28.6. The number of hydrogen-bond acceptors (Lipinski definition) is 5. The van der Waals surface area contributed by atoms with Gasteiger partial charge >= 0.3 is 0 Å². The van der Waals surface area contributed by atoms with E-state index in [0.29, 0.717) is 42.8 Å². The van der Waals surface area contributed by atoms with E-state index < -0.39 is 0 Å². The van der Waals surface area contributed by atoms with Gasteiger partial charge in [0.25, 0.3) is 11.8 Å². The molecule has 1 fully saturated rings. The minimum Gasteiger partial charge on any atom is -0.378 e. The van der Waals surface area contributed by atoms with Gasteiger partial charge in [-0.15, -0.1) is 11.3 Å². The topological polar surface area (TPSA) is 86.9 Å². The van der Waals surface area contributed by atoms with E-state index in [1.165, 1.54) is 16.2 Å². The molecule has 0 radical (unpaired) electrons. The molecular weight excluding hydrogens is 364 g/mol. The van der Waals surface area contributed by atoms with E-state index in [0.717, 1.165) is 29.7 Å². The molecule has 27 heavy (non-hydrogen) atoms. The zero-order valence-electron chi connectivity index (χ0n) is 16.0. The second kappa shape index (κ2) is 8.83. The van der Waals surface area contributed by atoms with Crippen LogP contribution in [0.3, 0.4) is 0 Å². The summed E-state index contributed by atoms with van der Waals surface area (Å²) in [5, 5.41) is 13.1. The Hall–Kier alpha value is -1.95. The van der Waals surface area contributed by atoms with Gasteiger partial charge in [-0.25, -0.2) is 0 Å². The van der Waals surface area contributed by atoms with Gasteiger partial charge < -0.3 is 19.9 Å². The normalized spacial score (nSPS) is 20.5. The van der Waals surface area contributed by atoms with Gasteiger partial charge in [0.15, 0.2) is 13.1 Å². The number of quaternary nitrogens is 1. The van der Waals surface area contributed by atoms with Crippen molar-refractivity contribution in [3.8, 4) is 6.07 Å². The summed E-state index contributed by atoms with van der Waals surface area (Å²) in [6.45, 7) is 5.06. The summed E-state index contributed by atoms with van der Waals surface area (Å²) in [6, 6.07) is 2.27. The second-order valence-electron chi connectivity index (χ2n) is 7.52. The van der Waals surface area contributed by atoms with Crippen molar-refractivity contribution in [3.05, 3.63) is 16.0 Å². The lowest BCUT2D eigenvalue weighted by molar-refractivity contribution is -0.862. The first kappa shape index (κ1) is 19.8. The number of carbonyl (C=O) groups is 2. The van der Waals surface area contributed by atoms with Gasteiger partial charge in [-0.3, -0.25) is 9.59 Å². The Kier molecular flexibility index (Phi) is 6.47. The number of fused-ring (bicyclic) bond motifs is 1. The molecule has 3 rings (SSSR count). The van der Waals surface area contributed by atoms with Gasteiger partial charge in [-0.05, 0) is 30.7 Å². The number of hydrogen-bond donors (Lipinski definition) is 2. The fourth-order valence-corrected chi connectivity index (χ4v) is 5.02. The monoisotopic (exact) mass is 391 g/mol. The van der Waals surface area contributed by atoms with E-state index in [9.17, 15) is 14.9 Å². The number of carbonyl (C=O) groups excluding carboxylic acids is 2. The SMILES string of the molecule is C[C@@H]1CCc2c(sc(NC(=O)C[NH+](C)CC(=O)N3CCOCC3)c2C#N)C1. The van der Waals surface area contributed by atoms with E-state index in [4.69, 9.17) is 4.74 Å². The number of amides is 2. The molecule has 2 heterocycles. The lowest BCUT2D eigenvalue weighted by atomic mass is 9.89. The molecule has 2 amide bonds. The number of nitrogens with one attached hydrogen (secondary N) is 2. The van der Waals surface area contributed by atoms with Crippen molar-refractivity contribution >= 4 is 28.2 Å². The van der Waals surface area contributed by atoms with E-state index in [1.807, 2.05) is 7.05 Å². The molecule has 0 spiro atoms. The molecular formula is C19H27N4O3S+. The van der Waals surface area contributed by atoms with Crippen molar-refractivity contribution < 1.29 is 19.2 Å². The quantitative estimate of drug-likeness (QED) is 0.743. The number of morpholine rings is 1. The van der Waals surface area contributed by atoms with Crippen LogP contribution in [-0.4, -0.2) is 63.2 Å². The third kappa shape index (κ3) is 4.86. The first-order chi connectivity index (χ1) is 13.0. The Balaban J connectivity index is 1.56. The van der Waals surface area contributed by atoms with E-state index in [1.54, 1.807) is 4.90 Å². The summed E-state index contributed by atoms with van der Waals surface area (Å²) >= 11 is 1.53. The van der Waals surface area contributed by atoms with Crippen LogP contribution in [0.4, 0.5) is 5.00 Å². The third-order valence-electron chi connectivity index (χ3n) is 5.16. The van der Waals surface area contributed by atoms with Crippen molar-refractivity contribution in [2.45, 2.75) is 26.2 Å². The summed E-state index contributed by atoms with van der Waals surface area (Å²) in [5.74, 6) is 0.500. The Morgan fingerprint density at radius 3 is 2.81 bits per heavy atom. The molecule has 8 heteroatoms. The molecule has 0 aromatic carbocycles. The number of anilines is 1. The highest BCUT2D eigenvalue weighted by Crippen LogP contribution is 2.39. The molecule has 7 nitrogen and oxygen atoms in total. The van der Waals surface area contributed by atoms with Crippen LogP contribution >= 0.6 is 11.3 Å². The van der Waals surface area contributed by atoms with Crippen LogP contribution in [0, 0.1) is 17.2 Å². The molecule has 1 aliphatic heterocycles. The number of nitrogens with zero attached hydrogens (tertiary/aromatic N) is 2.